The summed E-state index contributed by atoms with van der Waals surface area (Å²) in [5, 5.41) is 9.66. The summed E-state index contributed by atoms with van der Waals surface area (Å²) < 4.78 is 1.86. The van der Waals surface area contributed by atoms with Crippen LogP contribution in [0.2, 0.25) is 5.02 Å². The third-order valence-corrected chi connectivity index (χ3v) is 7.50. The van der Waals surface area contributed by atoms with Gasteiger partial charge in [0.25, 0.3) is 0 Å². The van der Waals surface area contributed by atoms with E-state index in [0.29, 0.717) is 22.5 Å². The van der Waals surface area contributed by atoms with Gasteiger partial charge in [0.05, 0.1) is 0 Å². The predicted octanol–water partition coefficient (Wildman–Crippen LogP) is 6.50. The molecule has 1 aliphatic heterocycles. The minimum absolute atomic E-state index is 0.0874. The maximum absolute atomic E-state index is 13.3. The molecule has 0 bridgehead atoms. The molecule has 0 amide bonds. The van der Waals surface area contributed by atoms with Gasteiger partial charge in [0.1, 0.15) is 6.04 Å². The normalized spacial score (nSPS) is 19.2. The van der Waals surface area contributed by atoms with Gasteiger partial charge in [-0.1, -0.05) is 73.1 Å². The highest BCUT2D eigenvalue weighted by atomic mass is 35.5. The molecule has 1 aromatic heterocycles. The molecule has 1 N–H and O–H groups in total. The summed E-state index contributed by atoms with van der Waals surface area (Å²) in [4.78, 5) is 18.1. The van der Waals surface area contributed by atoms with Gasteiger partial charge in [-0.25, -0.2) is 4.68 Å². The Morgan fingerprint density at radius 1 is 1.15 bits per heavy atom. The number of hydrogen-bond donors (Lipinski definition) is 1. The summed E-state index contributed by atoms with van der Waals surface area (Å²) in [5.74, 6) is 1.64. The molecule has 0 saturated heterocycles. The lowest BCUT2D eigenvalue weighted by atomic mass is 9.73. The van der Waals surface area contributed by atoms with Gasteiger partial charge in [0, 0.05) is 28.5 Å². The Kier molecular flexibility index (Phi) is 5.61. The van der Waals surface area contributed by atoms with Gasteiger partial charge in [-0.2, -0.15) is 4.98 Å². The quantitative estimate of drug-likeness (QED) is 0.434. The van der Waals surface area contributed by atoms with Crippen molar-refractivity contribution in [1.82, 2.24) is 14.8 Å². The van der Waals surface area contributed by atoms with Crippen molar-refractivity contribution in [3.63, 3.8) is 0 Å². The van der Waals surface area contributed by atoms with Crippen molar-refractivity contribution < 1.29 is 4.79 Å². The van der Waals surface area contributed by atoms with E-state index in [2.05, 4.69) is 51.2 Å². The number of nitrogens with one attached hydrogen (secondary N) is 1. The molecule has 0 spiro atoms. The zero-order chi connectivity index (χ0) is 23.3. The summed E-state index contributed by atoms with van der Waals surface area (Å²) in [7, 11) is 0. The fourth-order valence-corrected chi connectivity index (χ4v) is 5.72. The Morgan fingerprint density at radius 2 is 1.91 bits per heavy atom. The number of thioether (sulfide) groups is 1. The summed E-state index contributed by atoms with van der Waals surface area (Å²) in [6.07, 6.45) is 1.33. The number of hydrogen-bond acceptors (Lipinski definition) is 5. The highest BCUT2D eigenvalue weighted by molar-refractivity contribution is 7.98. The minimum Gasteiger partial charge on any atom is -0.328 e. The number of aromatic nitrogens is 3. The molecular weight excluding hydrogens is 452 g/mol. The molecule has 0 radical (unpaired) electrons. The van der Waals surface area contributed by atoms with Gasteiger partial charge >= 0.3 is 0 Å². The van der Waals surface area contributed by atoms with Crippen LogP contribution in [0.1, 0.15) is 55.0 Å². The van der Waals surface area contributed by atoms with Gasteiger partial charge in [0.15, 0.2) is 5.78 Å². The van der Waals surface area contributed by atoms with E-state index in [9.17, 15) is 4.79 Å². The van der Waals surface area contributed by atoms with E-state index in [4.69, 9.17) is 21.7 Å². The molecule has 0 fully saturated rings. The van der Waals surface area contributed by atoms with E-state index in [1.165, 1.54) is 16.7 Å². The Bertz CT molecular complexity index is 1280. The largest absolute Gasteiger partial charge is 0.328 e. The van der Waals surface area contributed by atoms with Crippen molar-refractivity contribution in [2.75, 3.05) is 5.32 Å². The maximum Gasteiger partial charge on any atom is 0.227 e. The van der Waals surface area contributed by atoms with Gasteiger partial charge in [0.2, 0.25) is 11.1 Å². The number of halogens is 1. The van der Waals surface area contributed by atoms with Crippen LogP contribution in [-0.2, 0) is 10.5 Å². The topological polar surface area (TPSA) is 59.8 Å². The Hall–Kier alpha value is -2.57. The summed E-state index contributed by atoms with van der Waals surface area (Å²) >= 11 is 7.77. The third kappa shape index (κ3) is 4.34. The lowest BCUT2D eigenvalue weighted by Gasteiger charge is -2.38. The molecule has 0 unspecified atom stereocenters. The minimum atomic E-state index is -0.306. The van der Waals surface area contributed by atoms with Crippen molar-refractivity contribution in [3.05, 3.63) is 81.0 Å². The van der Waals surface area contributed by atoms with Crippen LogP contribution in [0.25, 0.3) is 0 Å². The van der Waals surface area contributed by atoms with Crippen molar-refractivity contribution in [1.29, 1.82) is 0 Å². The molecule has 1 atom stereocenters. The zero-order valence-corrected chi connectivity index (χ0v) is 20.8. The first kappa shape index (κ1) is 22.2. The molecule has 0 saturated carbocycles. The second-order valence-corrected chi connectivity index (χ2v) is 11.2. The first-order valence-corrected chi connectivity index (χ1v) is 12.5. The van der Waals surface area contributed by atoms with Crippen LogP contribution in [0.5, 0.6) is 0 Å². The number of carbonyl (C=O) groups excluding carboxylic acids is 1. The monoisotopic (exact) mass is 478 g/mol. The molecule has 5 nitrogen and oxygen atoms in total. The number of Topliss-reactive ketones (excluding diaryl/α,β-unsaturated/α-hetero) is 1. The third-order valence-electron chi connectivity index (χ3n) is 6.36. The lowest BCUT2D eigenvalue weighted by Crippen LogP contribution is -2.36. The van der Waals surface area contributed by atoms with Crippen LogP contribution in [0, 0.1) is 19.3 Å². The average Bonchev–Trinajstić information content (AvgIpc) is 3.15. The molecule has 2 aromatic carbocycles. The molecule has 170 valence electrons. The average molecular weight is 479 g/mol. The standard InChI is InChI=1S/C26H27ClN4OS/c1-15-5-6-16(2)18(11-15)14-33-25-29-24-28-20-12-26(3,4)13-21(32)22(20)23(31(24)30-25)17-7-9-19(27)10-8-17/h5-11,23H,12-14H2,1-4H3,(H,28,29,30)/t23-/m1/s1. The Balaban J connectivity index is 1.52. The number of anilines is 1. The van der Waals surface area contributed by atoms with E-state index in [1.807, 2.05) is 28.9 Å². The summed E-state index contributed by atoms with van der Waals surface area (Å²) in [5.41, 5.74) is 6.44. The number of ketones is 1. The second-order valence-electron chi connectivity index (χ2n) is 9.79. The van der Waals surface area contributed by atoms with Crippen molar-refractivity contribution >= 4 is 35.1 Å². The molecule has 2 heterocycles. The maximum atomic E-state index is 13.3. The van der Waals surface area contributed by atoms with E-state index < -0.39 is 0 Å². The summed E-state index contributed by atoms with van der Waals surface area (Å²) in [6, 6.07) is 13.9. The number of aryl methyl sites for hydroxylation is 2. The fourth-order valence-electron chi connectivity index (χ4n) is 4.70. The van der Waals surface area contributed by atoms with Crippen LogP contribution >= 0.6 is 23.4 Å². The fraction of sp³-hybridized carbons (Fsp3) is 0.346. The smallest absolute Gasteiger partial charge is 0.227 e. The molecule has 3 aromatic rings. The van der Waals surface area contributed by atoms with Crippen LogP contribution in [-0.4, -0.2) is 20.5 Å². The number of nitrogens with zero attached hydrogens (tertiary/aromatic N) is 3. The van der Waals surface area contributed by atoms with E-state index in [-0.39, 0.29) is 17.2 Å². The number of fused-ring (bicyclic) bond motifs is 1. The summed E-state index contributed by atoms with van der Waals surface area (Å²) in [6.45, 7) is 8.51. The van der Waals surface area contributed by atoms with E-state index >= 15 is 0 Å². The van der Waals surface area contributed by atoms with E-state index in [0.717, 1.165) is 29.0 Å². The number of allylic oxidation sites excluding steroid dienone is 2. The first-order chi connectivity index (χ1) is 15.7. The van der Waals surface area contributed by atoms with Crippen LogP contribution in [0.15, 0.2) is 58.9 Å². The van der Waals surface area contributed by atoms with Crippen molar-refractivity contribution in [2.24, 2.45) is 5.41 Å². The van der Waals surface area contributed by atoms with Gasteiger partial charge in [-0.15, -0.1) is 5.10 Å². The van der Waals surface area contributed by atoms with Crippen molar-refractivity contribution in [2.45, 2.75) is 57.5 Å². The molecule has 33 heavy (non-hydrogen) atoms. The second kappa shape index (κ2) is 8.33. The Morgan fingerprint density at radius 3 is 2.67 bits per heavy atom. The number of rotatable bonds is 4. The lowest BCUT2D eigenvalue weighted by molar-refractivity contribution is -0.118. The van der Waals surface area contributed by atoms with Gasteiger partial charge < -0.3 is 5.32 Å². The number of carbonyl (C=O) groups is 1. The van der Waals surface area contributed by atoms with Gasteiger partial charge in [-0.05, 0) is 54.5 Å². The van der Waals surface area contributed by atoms with Gasteiger partial charge in [-0.3, -0.25) is 4.79 Å². The molecular formula is C26H27ClN4OS. The van der Waals surface area contributed by atoms with E-state index in [1.54, 1.807) is 11.8 Å². The zero-order valence-electron chi connectivity index (χ0n) is 19.3. The first-order valence-electron chi connectivity index (χ1n) is 11.1. The highest BCUT2D eigenvalue weighted by Gasteiger charge is 2.41. The Labute approximate surface area is 203 Å². The van der Waals surface area contributed by atoms with Crippen LogP contribution < -0.4 is 5.32 Å². The van der Waals surface area contributed by atoms with Crippen LogP contribution in [0.4, 0.5) is 5.95 Å². The van der Waals surface area contributed by atoms with Crippen molar-refractivity contribution in [3.8, 4) is 0 Å². The molecule has 5 rings (SSSR count). The highest BCUT2D eigenvalue weighted by Crippen LogP contribution is 2.45. The predicted molar refractivity (Wildman–Crippen MR) is 134 cm³/mol. The molecule has 1 aliphatic carbocycles. The molecule has 2 aliphatic rings. The number of benzene rings is 2. The SMILES string of the molecule is Cc1ccc(C)c(CSc2nc3n(n2)[C@H](c2ccc(Cl)cc2)C2=C(CC(C)(C)CC2=O)N3)c1. The van der Waals surface area contributed by atoms with Crippen LogP contribution in [0.3, 0.4) is 0 Å². The molecule has 7 heteroatoms.